The molecule has 24 atom stereocenters. The second kappa shape index (κ2) is 31.7. The van der Waals surface area contributed by atoms with Gasteiger partial charge in [-0.15, -0.1) is 0 Å². The molecule has 24 fully saturated rings. The van der Waals surface area contributed by atoms with E-state index in [1.807, 2.05) is 42.7 Å². The van der Waals surface area contributed by atoms with Gasteiger partial charge in [-0.05, 0) is 545 Å². The molecule has 25 aliphatic rings. The van der Waals surface area contributed by atoms with E-state index in [2.05, 4.69) is 72.8 Å². The topological polar surface area (TPSA) is 212 Å². The van der Waals surface area contributed by atoms with Crippen molar-refractivity contribution in [2.24, 2.45) is 138 Å². The van der Waals surface area contributed by atoms with Crippen LogP contribution in [0, 0.1) is 104 Å². The summed E-state index contributed by atoms with van der Waals surface area (Å²) in [5.74, 6) is 14.6. The number of rotatable bonds is 24. The van der Waals surface area contributed by atoms with Gasteiger partial charge in [0.25, 0.3) is 0 Å². The number of hydrogen-bond acceptors (Lipinski definition) is 12. The third-order valence-corrected chi connectivity index (χ3v) is 43.8. The van der Waals surface area contributed by atoms with Crippen molar-refractivity contribution in [1.29, 1.82) is 0 Å². The summed E-state index contributed by atoms with van der Waals surface area (Å²) in [6.07, 6.45) is 56.9. The maximum Gasteiger partial charge on any atom is 0.125 e. The van der Waals surface area contributed by atoms with Crippen LogP contribution in [-0.2, 0) is 71.0 Å². The van der Waals surface area contributed by atoms with Crippen LogP contribution >= 0.6 is 0 Å². The molecule has 24 saturated carbocycles. The molecule has 6 aromatic carbocycles. The Morgan fingerprint density at radius 2 is 0.303 bits per heavy atom. The van der Waals surface area contributed by atoms with Gasteiger partial charge in [0.1, 0.15) is 34.5 Å². The van der Waals surface area contributed by atoms with Crippen LogP contribution < -0.4 is 62.8 Å². The first kappa shape index (κ1) is 87.4. The molecule has 36 bridgehead atoms. The van der Waals surface area contributed by atoms with Gasteiger partial charge in [-0.25, -0.2) is 0 Å². The van der Waals surface area contributed by atoms with Crippen molar-refractivity contribution in [1.82, 2.24) is 0 Å². The van der Waals surface area contributed by atoms with Crippen LogP contribution in [0.1, 0.15) is 370 Å². The van der Waals surface area contributed by atoms with Crippen molar-refractivity contribution in [2.45, 2.75) is 341 Å². The van der Waals surface area contributed by atoms with Gasteiger partial charge in [0, 0.05) is 38.5 Å². The summed E-state index contributed by atoms with van der Waals surface area (Å²) in [6.45, 7) is 4.52. The normalized spacial score (nSPS) is 40.6. The number of ether oxygens (including phenoxy) is 6. The number of methoxy groups -OCH3 is 6. The number of benzene rings is 6. The highest BCUT2D eigenvalue weighted by Crippen LogP contribution is 2.75. The predicted molar refractivity (Wildman–Crippen MR) is 530 cm³/mol. The van der Waals surface area contributed by atoms with E-state index in [1.165, 1.54) is 331 Å². The Bertz CT molecular complexity index is 4450. The van der Waals surface area contributed by atoms with Crippen molar-refractivity contribution < 1.29 is 28.4 Å². The van der Waals surface area contributed by atoms with Gasteiger partial charge in [0.2, 0.25) is 0 Å². The van der Waals surface area contributed by atoms with Crippen LogP contribution in [0.2, 0.25) is 0 Å². The Labute approximate surface area is 791 Å². The van der Waals surface area contributed by atoms with Gasteiger partial charge < -0.3 is 62.8 Å². The highest BCUT2D eigenvalue weighted by Gasteiger charge is 2.65. The van der Waals surface area contributed by atoms with Crippen LogP contribution in [0.3, 0.4) is 0 Å². The van der Waals surface area contributed by atoms with E-state index >= 15 is 0 Å². The maximum absolute atomic E-state index is 7.43. The molecule has 0 radical (unpaired) electrons. The molecule has 12 N–H and O–H groups in total. The molecular formula is C120H162N6O6. The molecule has 6 aromatic rings. The molecule has 12 nitrogen and oxygen atoms in total. The van der Waals surface area contributed by atoms with Gasteiger partial charge in [-0.1, -0.05) is 72.8 Å². The molecular weight excluding hydrogens is 1620 g/mol. The summed E-state index contributed by atoms with van der Waals surface area (Å²) in [6, 6.07) is 32.9. The van der Waals surface area contributed by atoms with Gasteiger partial charge in [0.05, 0.1) is 42.7 Å². The molecule has 708 valence electrons. The average molecular weight is 1780 g/mol. The molecule has 0 heterocycles. The summed E-state index contributed by atoms with van der Waals surface area (Å²) in [7, 11) is 12.1. The minimum Gasteiger partial charge on any atom is -0.496 e. The number of hydrogen-bond donors (Lipinski definition) is 6. The number of fused-ring (bicyclic) bond motifs is 12. The molecule has 0 aliphatic heterocycles. The van der Waals surface area contributed by atoms with Crippen LogP contribution in [0.15, 0.2) is 72.8 Å². The maximum atomic E-state index is 7.43. The summed E-state index contributed by atoms with van der Waals surface area (Å²) in [5, 5.41) is 0. The minimum atomic E-state index is 0.0206. The Morgan fingerprint density at radius 3 is 0.402 bits per heavy atom. The molecule has 0 amide bonds. The standard InChI is InChI=1S/C120H162N6O6/c1-127-103-85-25-87-33-98(116-57-75-20-76(58-116)46-110(45-75,68-116)8-14-122)35-89(104(87)128-2)27-91-37-100(118-61-79-22-80(62-118)50-112(49-79,70-118)10-16-124)39-93(106(91)130-4)29-95-41-102(120-65-83-24-84(66-120)54-114(53-83,72-120)12-18-126)42-96(108(95)132-6)30-94-40-101(119-63-81-23-82(64-119)52-113(51-81,71-119)11-17-125)38-92(107(94)131-5)28-90-36-99(117-59-77-21-78(60-117)48-111(47-77,69-117)9-15-123)34-88(105(90)129-3)26-86(103)32-97(31-85)115-55-73-19-74(56-115)44-109(43-73,67-115)7-13-121/h31-42,73-84H,7-30,43-72,121-126H2,1-6H3/t73-,74+,75-,76+,77-,78+,79-,80+,81-,82+,83-,84+,109?,110?,111?,112?,113?,114?,115?,116?,117?,118?,119?,120?. The van der Waals surface area contributed by atoms with Crippen molar-refractivity contribution in [2.75, 3.05) is 81.9 Å². The van der Waals surface area contributed by atoms with E-state index in [9.17, 15) is 0 Å². The minimum absolute atomic E-state index is 0.0206. The number of nitrogens with two attached hydrogens (primary N) is 6. The lowest BCUT2D eigenvalue weighted by Crippen LogP contribution is -2.54. The fraction of sp³-hybridized carbons (Fsp3) is 0.700. The fourth-order valence-corrected chi connectivity index (χ4v) is 43.1. The van der Waals surface area contributed by atoms with Gasteiger partial charge >= 0.3 is 0 Å². The lowest BCUT2D eigenvalue weighted by Gasteiger charge is -2.63. The lowest BCUT2D eigenvalue weighted by molar-refractivity contribution is -0.0751. The molecule has 25 aliphatic carbocycles. The smallest absolute Gasteiger partial charge is 0.125 e. The van der Waals surface area contributed by atoms with E-state index in [1.54, 1.807) is 0 Å². The van der Waals surface area contributed by atoms with E-state index in [-0.39, 0.29) is 65.0 Å². The zero-order chi connectivity index (χ0) is 89.7. The van der Waals surface area contributed by atoms with E-state index in [0.29, 0.717) is 110 Å². The Balaban J connectivity index is 0.757. The highest BCUT2D eigenvalue weighted by molar-refractivity contribution is 5.63. The molecule has 132 heavy (non-hydrogen) atoms. The van der Waals surface area contributed by atoms with Gasteiger partial charge in [-0.2, -0.15) is 0 Å². The molecule has 0 spiro atoms. The van der Waals surface area contributed by atoms with Crippen LogP contribution in [0.5, 0.6) is 34.5 Å². The third-order valence-electron chi connectivity index (χ3n) is 43.8. The fourth-order valence-electron chi connectivity index (χ4n) is 43.1. The summed E-state index contributed by atoms with van der Waals surface area (Å²) in [5.41, 5.74) is 67.5. The Morgan fingerprint density at radius 1 is 0.189 bits per heavy atom. The molecule has 12 heteroatoms. The summed E-state index contributed by atoms with van der Waals surface area (Å²) >= 11 is 0. The first-order valence-corrected chi connectivity index (χ1v) is 54.3. The quantitative estimate of drug-likeness (QED) is 0.0334. The van der Waals surface area contributed by atoms with E-state index in [0.717, 1.165) is 112 Å². The van der Waals surface area contributed by atoms with Crippen LogP contribution in [0.25, 0.3) is 0 Å². The monoisotopic (exact) mass is 1780 g/mol. The largest absolute Gasteiger partial charge is 0.496 e. The molecule has 12 unspecified atom stereocenters. The second-order valence-electron chi connectivity index (χ2n) is 52.7. The zero-order valence-corrected chi connectivity index (χ0v) is 82.0. The summed E-state index contributed by atoms with van der Waals surface area (Å²) in [4.78, 5) is 0. The lowest BCUT2D eigenvalue weighted by atomic mass is 9.42. The zero-order valence-electron chi connectivity index (χ0n) is 82.0. The highest BCUT2D eigenvalue weighted by atomic mass is 16.5. The third kappa shape index (κ3) is 14.0. The SMILES string of the molecule is COc1c2cc(C34C[C@@H]5C[C@@H](CC(CCN)(C5)C3)C4)cc1Cc1cc(C34C[C@@H]5C[C@@H](CC(CCN)(C5)C3)C4)cc(c1OC)Cc1cc(C34C[C@@H]5C[C@@H](CC(CCN)(C5)C3)C4)cc(c1OC)Cc1cc(C34C[C@@H]5C[C@@H](CC(CCN)(C5)C3)C4)cc(c1OC)Cc1cc(C34C[C@@H]5C[C@@H](CC(CCN)(C5)C3)C4)cc(c1OC)Cc1cc(C34C[C@@H]5C[C@@H](CC(CCN)(C5)C3)C4)cc(c1OC)C2. The van der Waals surface area contributed by atoms with Crippen molar-refractivity contribution in [3.05, 3.63) is 173 Å². The first-order chi connectivity index (χ1) is 63.9. The first-order valence-electron chi connectivity index (χ1n) is 54.3. The van der Waals surface area contributed by atoms with Crippen LogP contribution in [0.4, 0.5) is 0 Å². The van der Waals surface area contributed by atoms with Crippen molar-refractivity contribution in [3.8, 4) is 34.5 Å². The molecule has 0 saturated heterocycles. The average Bonchev–Trinajstić information content (AvgIpc) is 0.722. The van der Waals surface area contributed by atoms with E-state index in [4.69, 9.17) is 62.8 Å². The summed E-state index contributed by atoms with van der Waals surface area (Å²) < 4.78 is 44.6. The van der Waals surface area contributed by atoms with Crippen LogP contribution in [-0.4, -0.2) is 81.9 Å². The van der Waals surface area contributed by atoms with Crippen molar-refractivity contribution >= 4 is 0 Å². The predicted octanol–water partition coefficient (Wildman–Crippen LogP) is 22.7. The Hall–Kier alpha value is -6.12. The molecule has 31 rings (SSSR count). The van der Waals surface area contributed by atoms with E-state index < -0.39 is 0 Å². The Kier molecular flexibility index (Phi) is 21.0. The second-order valence-corrected chi connectivity index (χ2v) is 52.7. The molecule has 0 aromatic heterocycles. The van der Waals surface area contributed by atoms with Crippen molar-refractivity contribution in [3.63, 3.8) is 0 Å². The van der Waals surface area contributed by atoms with Gasteiger partial charge in [-0.3, -0.25) is 0 Å². The van der Waals surface area contributed by atoms with Gasteiger partial charge in [0.15, 0.2) is 0 Å².